The first-order chi connectivity index (χ1) is 31.3. The maximum Gasteiger partial charge on any atom is 0.0525 e. The molecule has 1 aliphatic heterocycles. The number of allylic oxidation sites excluding steroid dienone is 1. The maximum absolute atomic E-state index is 5.05. The highest BCUT2D eigenvalue weighted by Gasteiger charge is 2.30. The van der Waals surface area contributed by atoms with Gasteiger partial charge in [0.05, 0.1) is 5.69 Å². The van der Waals surface area contributed by atoms with Gasteiger partial charge >= 0.3 is 0 Å². The number of anilines is 1. The zero-order chi connectivity index (χ0) is 44.4. The Labute approximate surface area is 390 Å². The van der Waals surface area contributed by atoms with Gasteiger partial charge in [0.2, 0.25) is 0 Å². The summed E-state index contributed by atoms with van der Waals surface area (Å²) < 4.78 is 0. The van der Waals surface area contributed by atoms with E-state index in [0.717, 1.165) is 72.0 Å². The number of para-hydroxylation sites is 1. The molecule has 5 aliphatic rings. The Kier molecular flexibility index (Phi) is 16.3. The van der Waals surface area contributed by atoms with Gasteiger partial charge in [-0.15, -0.1) is 0 Å². The van der Waals surface area contributed by atoms with Crippen molar-refractivity contribution in [1.82, 2.24) is 5.32 Å². The van der Waals surface area contributed by atoms with E-state index < -0.39 is 0 Å². The van der Waals surface area contributed by atoms with Crippen LogP contribution in [0.4, 0.5) is 5.69 Å². The van der Waals surface area contributed by atoms with Gasteiger partial charge in [-0.1, -0.05) is 203 Å². The molecule has 8 rings (SSSR count). The summed E-state index contributed by atoms with van der Waals surface area (Å²) in [5.74, 6) is 3.36. The summed E-state index contributed by atoms with van der Waals surface area (Å²) in [6, 6.07) is 19.2. The Bertz CT molecular complexity index is 2160. The van der Waals surface area contributed by atoms with Crippen molar-refractivity contribution in [2.24, 2.45) is 23.7 Å². The highest BCUT2D eigenvalue weighted by molar-refractivity contribution is 5.95. The Morgan fingerprint density at radius 2 is 0.984 bits per heavy atom. The summed E-state index contributed by atoms with van der Waals surface area (Å²) >= 11 is 0. The third-order valence-electron chi connectivity index (χ3n) is 17.1. The number of nitrogens with zero attached hydrogens (tertiary/aromatic N) is 1. The Hall–Kier alpha value is -4.04. The second kappa shape index (κ2) is 22.4. The Morgan fingerprint density at radius 1 is 0.578 bits per heavy atom. The van der Waals surface area contributed by atoms with Gasteiger partial charge in [0.25, 0.3) is 0 Å². The van der Waals surface area contributed by atoms with E-state index in [4.69, 9.17) is 13.2 Å². The molecule has 0 atom stereocenters. The van der Waals surface area contributed by atoms with Crippen LogP contribution in [0.5, 0.6) is 0 Å². The number of fused-ring (bicyclic) bond motifs is 1. The number of rotatable bonds is 17. The zero-order valence-corrected chi connectivity index (χ0v) is 40.6. The average Bonchev–Trinajstić information content (AvgIpc) is 3.34. The van der Waals surface area contributed by atoms with E-state index in [1.54, 1.807) is 6.20 Å². The zero-order valence-electron chi connectivity index (χ0n) is 40.6. The molecule has 2 nitrogen and oxygen atoms in total. The van der Waals surface area contributed by atoms with Gasteiger partial charge in [-0.2, -0.15) is 0 Å². The molecule has 2 heteroatoms. The third-order valence-corrected chi connectivity index (χ3v) is 17.1. The molecule has 0 amide bonds. The molecule has 0 radical (unpaired) electrons. The number of benzene rings is 3. The largest absolute Gasteiger partial charge is 0.362 e. The molecule has 4 saturated carbocycles. The lowest BCUT2D eigenvalue weighted by Crippen LogP contribution is -2.42. The minimum atomic E-state index is 0.837. The molecule has 0 saturated heterocycles. The van der Waals surface area contributed by atoms with Gasteiger partial charge < -0.3 is 10.2 Å². The molecule has 0 unspecified atom stereocenters. The molecule has 1 heterocycles. The van der Waals surface area contributed by atoms with Crippen molar-refractivity contribution in [2.45, 2.75) is 194 Å². The fourth-order valence-electron chi connectivity index (χ4n) is 13.3. The van der Waals surface area contributed by atoms with Crippen molar-refractivity contribution in [3.05, 3.63) is 136 Å². The van der Waals surface area contributed by atoms with Gasteiger partial charge in [-0.25, -0.2) is 0 Å². The molecular formula is C62H84N2. The third kappa shape index (κ3) is 10.8. The molecule has 1 N–H and O–H groups in total. The predicted octanol–water partition coefficient (Wildman–Crippen LogP) is 15.8. The van der Waals surface area contributed by atoms with Crippen LogP contribution < -0.4 is 20.7 Å². The summed E-state index contributed by atoms with van der Waals surface area (Å²) in [5, 5.41) is 6.00. The molecule has 342 valence electrons. The van der Waals surface area contributed by atoms with Crippen LogP contribution in [0.3, 0.4) is 0 Å². The van der Waals surface area contributed by atoms with Crippen molar-refractivity contribution < 1.29 is 0 Å². The molecule has 4 aliphatic carbocycles. The van der Waals surface area contributed by atoms with Crippen LogP contribution in [-0.2, 0) is 25.7 Å². The first kappa shape index (κ1) is 46.5. The van der Waals surface area contributed by atoms with Crippen LogP contribution in [0.2, 0.25) is 0 Å². The number of hydrogen-bond donors (Lipinski definition) is 1. The Morgan fingerprint density at radius 3 is 1.41 bits per heavy atom. The normalized spacial score (nSPS) is 20.0. The summed E-state index contributed by atoms with van der Waals surface area (Å²) in [6.07, 6.45) is 39.3. The maximum atomic E-state index is 5.05. The van der Waals surface area contributed by atoms with Crippen LogP contribution in [-0.4, -0.2) is 0 Å². The second-order valence-electron chi connectivity index (χ2n) is 21.3. The standard InChI is InChI=1S/C62H84N2/c1-7-63-46(4)57-42-43-58-48(6)64(62-55(40-36-51-26-16-10-17-27-51)32-21-33-56(62)41-37-52-28-18-11-19-29-52)47(5)44(2)60(58)61(57)45(3)59-53(38-34-49-22-12-8-13-23-49)30-20-31-54(59)39-35-50-24-14-9-15-25-50/h7,20-21,30-33,42-43,49-52,63H,1,4-6,8-19,22-29,34-41H2,2-3H3/b61-45+. The lowest BCUT2D eigenvalue weighted by molar-refractivity contribution is 0.338. The average molecular weight is 857 g/mol. The van der Waals surface area contributed by atoms with E-state index in [0.29, 0.717) is 0 Å². The summed E-state index contributed by atoms with van der Waals surface area (Å²) in [7, 11) is 0. The molecule has 4 fully saturated rings. The molecule has 0 spiro atoms. The smallest absolute Gasteiger partial charge is 0.0525 e. The van der Waals surface area contributed by atoms with Gasteiger partial charge in [-0.3, -0.25) is 0 Å². The molecule has 3 aromatic rings. The molecular weight excluding hydrogens is 773 g/mol. The van der Waals surface area contributed by atoms with E-state index in [1.807, 2.05) is 0 Å². The van der Waals surface area contributed by atoms with Gasteiger partial charge in [0, 0.05) is 28.2 Å². The van der Waals surface area contributed by atoms with Crippen LogP contribution in [0.25, 0.3) is 22.5 Å². The topological polar surface area (TPSA) is 15.3 Å². The quantitative estimate of drug-likeness (QED) is 0.145. The fraction of sp³-hybridized carbons (Fsp3) is 0.548. The SMILES string of the molecule is C=CNC(=C)c1ccc2c(/c1=C(\C)c1c(CCC3CCCCC3)cccc1CCC1CCCCC1)=C(C)C(=C)N(c1c(CCC3CCCCC3)cccc1CCC1CCCCC1)C2=C. The van der Waals surface area contributed by atoms with E-state index >= 15 is 0 Å². The van der Waals surface area contributed by atoms with Crippen LogP contribution in [0.15, 0.2) is 86.7 Å². The second-order valence-corrected chi connectivity index (χ2v) is 21.3. The van der Waals surface area contributed by atoms with Crippen molar-refractivity contribution in [3.8, 4) is 0 Å². The number of aryl methyl sites for hydroxylation is 4. The van der Waals surface area contributed by atoms with Gasteiger partial charge in [0.15, 0.2) is 0 Å². The van der Waals surface area contributed by atoms with E-state index in [2.05, 4.69) is 85.8 Å². The van der Waals surface area contributed by atoms with Gasteiger partial charge in [-0.05, 0) is 144 Å². The van der Waals surface area contributed by atoms with Crippen molar-refractivity contribution in [1.29, 1.82) is 0 Å². The first-order valence-corrected chi connectivity index (χ1v) is 26.6. The number of hydrogen-bond acceptors (Lipinski definition) is 2. The first-order valence-electron chi connectivity index (χ1n) is 26.6. The lowest BCUT2D eigenvalue weighted by atomic mass is 9.80. The summed E-state index contributed by atoms with van der Waals surface area (Å²) in [5.41, 5.74) is 16.8. The van der Waals surface area contributed by atoms with Crippen LogP contribution >= 0.6 is 0 Å². The molecule has 0 aromatic heterocycles. The van der Waals surface area contributed by atoms with Crippen molar-refractivity contribution in [3.63, 3.8) is 0 Å². The van der Waals surface area contributed by atoms with Gasteiger partial charge in [0.1, 0.15) is 0 Å². The van der Waals surface area contributed by atoms with Crippen molar-refractivity contribution >= 4 is 28.2 Å². The monoisotopic (exact) mass is 857 g/mol. The molecule has 64 heavy (non-hydrogen) atoms. The van der Waals surface area contributed by atoms with Crippen LogP contribution in [0.1, 0.15) is 207 Å². The highest BCUT2D eigenvalue weighted by Crippen LogP contribution is 2.42. The highest BCUT2D eigenvalue weighted by atomic mass is 15.2. The number of nitrogens with one attached hydrogen (secondary N) is 1. The lowest BCUT2D eigenvalue weighted by Gasteiger charge is -2.37. The van der Waals surface area contributed by atoms with E-state index in [-0.39, 0.29) is 0 Å². The summed E-state index contributed by atoms with van der Waals surface area (Å²) in [6.45, 7) is 23.6. The van der Waals surface area contributed by atoms with Crippen molar-refractivity contribution in [2.75, 3.05) is 4.90 Å². The predicted molar refractivity (Wildman–Crippen MR) is 278 cm³/mol. The fourth-order valence-corrected chi connectivity index (χ4v) is 13.3. The van der Waals surface area contributed by atoms with E-state index in [1.165, 1.54) is 215 Å². The molecule has 0 bridgehead atoms. The Balaban J connectivity index is 1.26. The minimum Gasteiger partial charge on any atom is -0.362 e. The summed E-state index contributed by atoms with van der Waals surface area (Å²) in [4.78, 5) is 2.51. The van der Waals surface area contributed by atoms with Crippen LogP contribution in [0, 0.1) is 23.7 Å². The molecule has 3 aromatic carbocycles. The minimum absolute atomic E-state index is 0.837. The van der Waals surface area contributed by atoms with E-state index in [9.17, 15) is 0 Å².